The van der Waals surface area contributed by atoms with E-state index in [-0.39, 0.29) is 6.03 Å². The zero-order valence-corrected chi connectivity index (χ0v) is 18.3. The average Bonchev–Trinajstić information content (AvgIpc) is 2.78. The monoisotopic (exact) mass is 411 g/mol. The van der Waals surface area contributed by atoms with Crippen LogP contribution in [-0.4, -0.2) is 63.3 Å². The van der Waals surface area contributed by atoms with Crippen LogP contribution in [0.1, 0.15) is 18.4 Å². The summed E-state index contributed by atoms with van der Waals surface area (Å²) >= 11 is 0. The third-order valence-corrected chi connectivity index (χ3v) is 5.69. The summed E-state index contributed by atoms with van der Waals surface area (Å²) in [5.41, 5.74) is 1.99. The molecule has 30 heavy (non-hydrogen) atoms. The van der Waals surface area contributed by atoms with Gasteiger partial charge in [0.1, 0.15) is 11.5 Å². The number of rotatable bonds is 8. The zero-order valence-electron chi connectivity index (χ0n) is 18.3. The van der Waals surface area contributed by atoms with Crippen LogP contribution < -0.4 is 14.8 Å². The number of urea groups is 1. The Hall–Kier alpha value is -2.73. The Bertz CT molecular complexity index is 827. The predicted molar refractivity (Wildman–Crippen MR) is 121 cm³/mol. The van der Waals surface area contributed by atoms with E-state index in [2.05, 4.69) is 22.3 Å². The highest BCUT2D eigenvalue weighted by molar-refractivity contribution is 5.89. The van der Waals surface area contributed by atoms with E-state index in [0.29, 0.717) is 5.92 Å². The highest BCUT2D eigenvalue weighted by Crippen LogP contribution is 2.22. The molecule has 1 aliphatic heterocycles. The SMILES string of the molecule is COc1cccc(NC(=O)N(C)CC2CCCN(CCc3ccccc3OC)C2)c1. The number of ether oxygens (including phenoxy) is 2. The molecule has 0 aromatic heterocycles. The first-order valence-electron chi connectivity index (χ1n) is 10.6. The summed E-state index contributed by atoms with van der Waals surface area (Å²) in [6.07, 6.45) is 3.30. The molecule has 0 saturated carbocycles. The second kappa shape index (κ2) is 10.9. The number of carbonyl (C=O) groups is 1. The van der Waals surface area contributed by atoms with Gasteiger partial charge in [-0.05, 0) is 55.5 Å². The van der Waals surface area contributed by atoms with E-state index in [4.69, 9.17) is 9.47 Å². The molecular weight excluding hydrogens is 378 g/mol. The number of amides is 2. The van der Waals surface area contributed by atoms with E-state index >= 15 is 0 Å². The van der Waals surface area contributed by atoms with E-state index in [1.54, 1.807) is 19.1 Å². The van der Waals surface area contributed by atoms with Gasteiger partial charge in [-0.3, -0.25) is 0 Å². The molecule has 2 aromatic rings. The Morgan fingerprint density at radius 2 is 2.00 bits per heavy atom. The van der Waals surface area contributed by atoms with Crippen molar-refractivity contribution < 1.29 is 14.3 Å². The van der Waals surface area contributed by atoms with Gasteiger partial charge in [-0.15, -0.1) is 0 Å². The summed E-state index contributed by atoms with van der Waals surface area (Å²) in [6, 6.07) is 15.6. The van der Waals surface area contributed by atoms with Crippen LogP contribution in [0, 0.1) is 5.92 Å². The Balaban J connectivity index is 1.48. The lowest BCUT2D eigenvalue weighted by Gasteiger charge is -2.34. The van der Waals surface area contributed by atoms with Crippen LogP contribution in [0.5, 0.6) is 11.5 Å². The molecule has 0 radical (unpaired) electrons. The minimum absolute atomic E-state index is 0.0885. The quantitative estimate of drug-likeness (QED) is 0.710. The largest absolute Gasteiger partial charge is 0.497 e. The predicted octanol–water partition coefficient (Wildman–Crippen LogP) is 4.12. The van der Waals surface area contributed by atoms with Crippen LogP contribution in [0.3, 0.4) is 0 Å². The smallest absolute Gasteiger partial charge is 0.321 e. The second-order valence-corrected chi connectivity index (χ2v) is 7.91. The molecule has 162 valence electrons. The first kappa shape index (κ1) is 22.0. The molecule has 6 heteroatoms. The molecule has 1 N–H and O–H groups in total. The van der Waals surface area contributed by atoms with E-state index in [9.17, 15) is 4.79 Å². The summed E-state index contributed by atoms with van der Waals surface area (Å²) < 4.78 is 10.7. The maximum absolute atomic E-state index is 12.6. The summed E-state index contributed by atoms with van der Waals surface area (Å²) in [7, 11) is 5.21. The number of hydrogen-bond acceptors (Lipinski definition) is 4. The van der Waals surface area contributed by atoms with Crippen LogP contribution in [-0.2, 0) is 6.42 Å². The Kier molecular flexibility index (Phi) is 7.97. The molecule has 1 atom stereocenters. The minimum atomic E-state index is -0.0885. The van der Waals surface area contributed by atoms with Gasteiger partial charge in [0, 0.05) is 38.4 Å². The number of likely N-dealkylation sites (tertiary alicyclic amines) is 1. The summed E-state index contributed by atoms with van der Waals surface area (Å²) in [5, 5.41) is 2.96. The summed E-state index contributed by atoms with van der Waals surface area (Å²) in [4.78, 5) is 16.9. The van der Waals surface area contributed by atoms with Crippen LogP contribution in [0.2, 0.25) is 0 Å². The van der Waals surface area contributed by atoms with Crippen molar-refractivity contribution in [1.29, 1.82) is 0 Å². The number of hydrogen-bond donors (Lipinski definition) is 1. The number of nitrogens with zero attached hydrogens (tertiary/aromatic N) is 2. The molecule has 3 rings (SSSR count). The summed E-state index contributed by atoms with van der Waals surface area (Å²) in [6.45, 7) is 3.90. The maximum Gasteiger partial charge on any atom is 0.321 e. The number of methoxy groups -OCH3 is 2. The van der Waals surface area contributed by atoms with Gasteiger partial charge in [-0.1, -0.05) is 24.3 Å². The standard InChI is InChI=1S/C24H33N3O3/c1-26(24(28)25-21-10-6-11-22(16-21)29-2)17-19-8-7-14-27(18-19)15-13-20-9-4-5-12-23(20)30-3/h4-6,9-12,16,19H,7-8,13-15,17-18H2,1-3H3,(H,25,28). The molecule has 1 saturated heterocycles. The lowest BCUT2D eigenvalue weighted by Crippen LogP contribution is -2.43. The highest BCUT2D eigenvalue weighted by atomic mass is 16.5. The van der Waals surface area contributed by atoms with E-state index in [1.165, 1.54) is 12.0 Å². The highest BCUT2D eigenvalue weighted by Gasteiger charge is 2.23. The van der Waals surface area contributed by atoms with Crippen LogP contribution in [0.4, 0.5) is 10.5 Å². The number of nitrogens with one attached hydrogen (secondary N) is 1. The van der Waals surface area contributed by atoms with E-state index in [1.807, 2.05) is 43.4 Å². The number of carbonyl (C=O) groups excluding carboxylic acids is 1. The maximum atomic E-state index is 12.6. The van der Waals surface area contributed by atoms with Crippen molar-refractivity contribution in [3.05, 3.63) is 54.1 Å². The third-order valence-electron chi connectivity index (χ3n) is 5.69. The molecule has 0 bridgehead atoms. The number of benzene rings is 2. The van der Waals surface area contributed by atoms with Gasteiger partial charge in [-0.25, -0.2) is 4.79 Å². The number of para-hydroxylation sites is 1. The molecule has 6 nitrogen and oxygen atoms in total. The molecule has 1 fully saturated rings. The van der Waals surface area contributed by atoms with Gasteiger partial charge >= 0.3 is 6.03 Å². The minimum Gasteiger partial charge on any atom is -0.497 e. The molecule has 2 amide bonds. The fourth-order valence-electron chi connectivity index (χ4n) is 4.08. The van der Waals surface area contributed by atoms with Crippen molar-refractivity contribution in [2.24, 2.45) is 5.92 Å². The Morgan fingerprint density at radius 3 is 2.80 bits per heavy atom. The normalized spacial score (nSPS) is 16.7. The van der Waals surface area contributed by atoms with Gasteiger partial charge in [0.2, 0.25) is 0 Å². The third kappa shape index (κ3) is 6.13. The molecule has 1 unspecified atom stereocenters. The number of piperidine rings is 1. The number of anilines is 1. The second-order valence-electron chi connectivity index (χ2n) is 7.91. The molecule has 0 aliphatic carbocycles. The van der Waals surface area contributed by atoms with Crippen molar-refractivity contribution in [2.75, 3.05) is 52.8 Å². The molecular formula is C24H33N3O3. The first-order valence-corrected chi connectivity index (χ1v) is 10.6. The van der Waals surface area contributed by atoms with Gasteiger partial charge in [0.25, 0.3) is 0 Å². The van der Waals surface area contributed by atoms with Crippen molar-refractivity contribution >= 4 is 11.7 Å². The fourth-order valence-corrected chi connectivity index (χ4v) is 4.08. The fraction of sp³-hybridized carbons (Fsp3) is 0.458. The van der Waals surface area contributed by atoms with Crippen molar-refractivity contribution in [3.8, 4) is 11.5 Å². The molecule has 2 aromatic carbocycles. The van der Waals surface area contributed by atoms with E-state index in [0.717, 1.165) is 56.2 Å². The first-order chi connectivity index (χ1) is 14.6. The van der Waals surface area contributed by atoms with Crippen LogP contribution >= 0.6 is 0 Å². The molecule has 1 aliphatic rings. The lowest BCUT2D eigenvalue weighted by atomic mass is 9.97. The Labute approximate surface area is 179 Å². The lowest BCUT2D eigenvalue weighted by molar-refractivity contribution is 0.150. The Morgan fingerprint density at radius 1 is 1.17 bits per heavy atom. The molecule has 1 heterocycles. The van der Waals surface area contributed by atoms with Crippen LogP contribution in [0.25, 0.3) is 0 Å². The summed E-state index contributed by atoms with van der Waals surface area (Å²) in [5.74, 6) is 2.17. The van der Waals surface area contributed by atoms with Crippen molar-refractivity contribution in [1.82, 2.24) is 9.80 Å². The van der Waals surface area contributed by atoms with Gasteiger partial charge < -0.3 is 24.6 Å². The van der Waals surface area contributed by atoms with Gasteiger partial charge in [-0.2, -0.15) is 0 Å². The van der Waals surface area contributed by atoms with Crippen LogP contribution in [0.15, 0.2) is 48.5 Å². The molecule has 0 spiro atoms. The van der Waals surface area contributed by atoms with Gasteiger partial charge in [0.15, 0.2) is 0 Å². The van der Waals surface area contributed by atoms with Crippen molar-refractivity contribution in [2.45, 2.75) is 19.3 Å². The van der Waals surface area contributed by atoms with Crippen molar-refractivity contribution in [3.63, 3.8) is 0 Å². The topological polar surface area (TPSA) is 54.0 Å². The van der Waals surface area contributed by atoms with E-state index < -0.39 is 0 Å². The zero-order chi connectivity index (χ0) is 21.3. The average molecular weight is 412 g/mol. The van der Waals surface area contributed by atoms with Gasteiger partial charge in [0.05, 0.1) is 14.2 Å².